The third-order valence-corrected chi connectivity index (χ3v) is 5.37. The maximum Gasteiger partial charge on any atom is 0.315 e. The molecule has 1 atom stereocenters. The van der Waals surface area contributed by atoms with E-state index in [0.717, 1.165) is 18.4 Å². The minimum absolute atomic E-state index is 0.0824. The maximum atomic E-state index is 12.3. The summed E-state index contributed by atoms with van der Waals surface area (Å²) in [4.78, 5) is 30.5. The van der Waals surface area contributed by atoms with Gasteiger partial charge in [0.2, 0.25) is 11.8 Å². The molecule has 2 aromatic rings. The molecule has 2 fully saturated rings. The van der Waals surface area contributed by atoms with Gasteiger partial charge in [-0.3, -0.25) is 4.79 Å². The fraction of sp³-hybridized carbons (Fsp3) is 0.500. The molecule has 1 aromatic carbocycles. The predicted molar refractivity (Wildman–Crippen MR) is 101 cm³/mol. The average Bonchev–Trinajstić information content (AvgIpc) is 3.43. The van der Waals surface area contributed by atoms with Gasteiger partial charge >= 0.3 is 6.03 Å². The maximum absolute atomic E-state index is 12.3. The first-order valence-electron chi connectivity index (χ1n) is 9.86. The molecule has 148 valence electrons. The van der Waals surface area contributed by atoms with Crippen molar-refractivity contribution < 1.29 is 14.1 Å². The first kappa shape index (κ1) is 18.5. The lowest BCUT2D eigenvalue weighted by Gasteiger charge is -2.15. The molecule has 0 spiro atoms. The van der Waals surface area contributed by atoms with E-state index in [1.807, 2.05) is 35.2 Å². The molecule has 4 rings (SSSR count). The van der Waals surface area contributed by atoms with Gasteiger partial charge in [-0.25, -0.2) is 4.79 Å². The molecule has 1 aromatic heterocycles. The van der Waals surface area contributed by atoms with Crippen LogP contribution in [0, 0.1) is 0 Å². The first-order chi connectivity index (χ1) is 13.7. The highest BCUT2D eigenvalue weighted by Gasteiger charge is 2.33. The number of carbonyl (C=O) groups excluding carboxylic acids is 2. The number of nitrogens with zero attached hydrogens (tertiary/aromatic N) is 3. The van der Waals surface area contributed by atoms with Crippen LogP contribution in [0.25, 0.3) is 0 Å². The van der Waals surface area contributed by atoms with Crippen LogP contribution in [0.15, 0.2) is 34.9 Å². The van der Waals surface area contributed by atoms with Gasteiger partial charge in [0, 0.05) is 31.5 Å². The highest BCUT2D eigenvalue weighted by molar-refractivity contribution is 5.79. The van der Waals surface area contributed by atoms with E-state index in [4.69, 9.17) is 4.52 Å². The Morgan fingerprint density at radius 1 is 1.21 bits per heavy atom. The monoisotopic (exact) mass is 383 g/mol. The average molecular weight is 383 g/mol. The Kier molecular flexibility index (Phi) is 5.55. The van der Waals surface area contributed by atoms with Crippen molar-refractivity contribution >= 4 is 11.9 Å². The van der Waals surface area contributed by atoms with E-state index in [1.54, 1.807) is 0 Å². The van der Waals surface area contributed by atoms with Gasteiger partial charge in [0.05, 0.1) is 6.54 Å². The van der Waals surface area contributed by atoms with Crippen LogP contribution < -0.4 is 10.6 Å². The largest absolute Gasteiger partial charge is 0.338 e. The number of benzene rings is 1. The summed E-state index contributed by atoms with van der Waals surface area (Å²) in [6.07, 6.45) is 4.78. The number of urea groups is 1. The summed E-state index contributed by atoms with van der Waals surface area (Å²) >= 11 is 0. The second-order valence-corrected chi connectivity index (χ2v) is 7.52. The topological polar surface area (TPSA) is 100 Å². The number of nitrogens with one attached hydrogen (secondary N) is 2. The van der Waals surface area contributed by atoms with Crippen molar-refractivity contribution in [1.29, 1.82) is 0 Å². The van der Waals surface area contributed by atoms with Gasteiger partial charge in [0.15, 0.2) is 5.82 Å². The fourth-order valence-electron chi connectivity index (χ4n) is 3.87. The van der Waals surface area contributed by atoms with Crippen molar-refractivity contribution in [3.63, 3.8) is 0 Å². The zero-order valence-corrected chi connectivity index (χ0v) is 15.8. The molecule has 1 saturated carbocycles. The summed E-state index contributed by atoms with van der Waals surface area (Å²) in [7, 11) is 0. The molecule has 8 heteroatoms. The minimum atomic E-state index is -0.211. The van der Waals surface area contributed by atoms with Crippen molar-refractivity contribution in [2.45, 2.75) is 57.2 Å². The zero-order valence-electron chi connectivity index (χ0n) is 15.8. The van der Waals surface area contributed by atoms with E-state index in [9.17, 15) is 9.59 Å². The number of hydrogen-bond acceptors (Lipinski definition) is 5. The molecule has 2 heterocycles. The van der Waals surface area contributed by atoms with Gasteiger partial charge in [0.25, 0.3) is 0 Å². The summed E-state index contributed by atoms with van der Waals surface area (Å²) in [5.41, 5.74) is 1.10. The summed E-state index contributed by atoms with van der Waals surface area (Å²) in [6, 6.07) is 9.96. The summed E-state index contributed by atoms with van der Waals surface area (Å²) in [5.74, 6) is 0.887. The lowest BCUT2D eigenvalue weighted by Crippen LogP contribution is -2.40. The minimum Gasteiger partial charge on any atom is -0.338 e. The van der Waals surface area contributed by atoms with E-state index in [0.29, 0.717) is 31.2 Å². The first-order valence-corrected chi connectivity index (χ1v) is 9.86. The summed E-state index contributed by atoms with van der Waals surface area (Å²) in [5, 5.41) is 9.73. The molecule has 2 aliphatic rings. The third-order valence-electron chi connectivity index (χ3n) is 5.37. The van der Waals surface area contributed by atoms with Gasteiger partial charge in [-0.2, -0.15) is 4.98 Å². The van der Waals surface area contributed by atoms with Crippen molar-refractivity contribution in [2.75, 3.05) is 6.54 Å². The standard InChI is InChI=1S/C20H25N5O3/c26-18-10-15(13-25(18)12-14-6-2-1-3-7-14)19-23-17(28-24-19)11-21-20(27)22-16-8-4-5-9-16/h1-3,6-7,15-16H,4-5,8-13H2,(H2,21,22,27)/t15-/m0/s1. The Hall–Kier alpha value is -2.90. The molecule has 0 bridgehead atoms. The number of likely N-dealkylation sites (tertiary alicyclic amines) is 1. The molecule has 28 heavy (non-hydrogen) atoms. The third kappa shape index (κ3) is 4.49. The van der Waals surface area contributed by atoms with Crippen LogP contribution >= 0.6 is 0 Å². The lowest BCUT2D eigenvalue weighted by molar-refractivity contribution is -0.128. The Labute approximate surface area is 163 Å². The Bertz CT molecular complexity index is 816. The summed E-state index contributed by atoms with van der Waals surface area (Å²) < 4.78 is 5.25. The number of amides is 3. The zero-order chi connectivity index (χ0) is 19.3. The molecule has 1 aliphatic carbocycles. The number of aromatic nitrogens is 2. The van der Waals surface area contributed by atoms with Crippen LogP contribution in [-0.4, -0.2) is 39.6 Å². The number of rotatable bonds is 6. The van der Waals surface area contributed by atoms with Crippen LogP contribution in [0.2, 0.25) is 0 Å². The van der Waals surface area contributed by atoms with Crippen molar-refractivity contribution in [3.05, 3.63) is 47.6 Å². The Morgan fingerprint density at radius 2 is 2.00 bits per heavy atom. The molecule has 1 saturated heterocycles. The summed E-state index contributed by atoms with van der Waals surface area (Å²) in [6.45, 7) is 1.34. The van der Waals surface area contributed by atoms with Gasteiger partial charge in [-0.15, -0.1) is 0 Å². The Morgan fingerprint density at radius 3 is 2.79 bits per heavy atom. The van der Waals surface area contributed by atoms with Crippen molar-refractivity contribution in [1.82, 2.24) is 25.7 Å². The molecule has 8 nitrogen and oxygen atoms in total. The predicted octanol–water partition coefficient (Wildman–Crippen LogP) is 2.33. The molecule has 3 amide bonds. The van der Waals surface area contributed by atoms with Gasteiger partial charge in [0.1, 0.15) is 0 Å². The van der Waals surface area contributed by atoms with E-state index in [2.05, 4.69) is 20.8 Å². The highest BCUT2D eigenvalue weighted by atomic mass is 16.5. The number of carbonyl (C=O) groups is 2. The molecular weight excluding hydrogens is 358 g/mol. The lowest BCUT2D eigenvalue weighted by atomic mass is 10.1. The van der Waals surface area contributed by atoms with Gasteiger partial charge < -0.3 is 20.1 Å². The fourth-order valence-corrected chi connectivity index (χ4v) is 3.87. The van der Waals surface area contributed by atoms with Crippen LogP contribution in [0.3, 0.4) is 0 Å². The van der Waals surface area contributed by atoms with E-state index < -0.39 is 0 Å². The van der Waals surface area contributed by atoms with Crippen molar-refractivity contribution in [2.24, 2.45) is 0 Å². The molecule has 0 radical (unpaired) electrons. The SMILES string of the molecule is O=C(NCc1nc([C@H]2CC(=O)N(Cc3ccccc3)C2)no1)NC1CCCC1. The second kappa shape index (κ2) is 8.41. The van der Waals surface area contributed by atoms with Crippen LogP contribution in [-0.2, 0) is 17.9 Å². The highest BCUT2D eigenvalue weighted by Crippen LogP contribution is 2.27. The van der Waals surface area contributed by atoms with Crippen molar-refractivity contribution in [3.8, 4) is 0 Å². The molecule has 2 N–H and O–H groups in total. The van der Waals surface area contributed by atoms with E-state index >= 15 is 0 Å². The van der Waals surface area contributed by atoms with E-state index in [1.165, 1.54) is 12.8 Å². The quantitative estimate of drug-likeness (QED) is 0.797. The molecule has 1 aliphatic heterocycles. The smallest absolute Gasteiger partial charge is 0.315 e. The number of hydrogen-bond donors (Lipinski definition) is 2. The van der Waals surface area contributed by atoms with E-state index in [-0.39, 0.29) is 30.4 Å². The van der Waals surface area contributed by atoms with Gasteiger partial charge in [-0.05, 0) is 18.4 Å². The van der Waals surface area contributed by atoms with Crippen LogP contribution in [0.1, 0.15) is 55.3 Å². The molecular formula is C20H25N5O3. The Balaban J connectivity index is 1.28. The van der Waals surface area contributed by atoms with Gasteiger partial charge in [-0.1, -0.05) is 48.3 Å². The second-order valence-electron chi connectivity index (χ2n) is 7.52. The molecule has 0 unspecified atom stereocenters. The van der Waals surface area contributed by atoms with Crippen LogP contribution in [0.5, 0.6) is 0 Å². The van der Waals surface area contributed by atoms with Crippen LogP contribution in [0.4, 0.5) is 4.79 Å². The normalized spacial score (nSPS) is 19.9.